The monoisotopic (exact) mass is 360 g/mol. The first kappa shape index (κ1) is 15.6. The Kier molecular flexibility index (Phi) is 5.43. The van der Waals surface area contributed by atoms with Crippen LogP contribution in [0.4, 0.5) is 5.69 Å². The van der Waals surface area contributed by atoms with Crippen molar-refractivity contribution >= 4 is 40.2 Å². The number of carbonyl (C=O) groups is 1. The molecule has 0 aromatic heterocycles. The molecular formula is C16H13BrN2OS. The Morgan fingerprint density at radius 3 is 2.57 bits per heavy atom. The second kappa shape index (κ2) is 7.30. The van der Waals surface area contributed by atoms with Crippen molar-refractivity contribution in [1.82, 2.24) is 0 Å². The standard InChI is InChI=1S/C16H13BrN2OS/c17-12-7-8-14(15(21)11-12)16(20)19(10-4-9-18)13-5-2-1-3-6-13/h1-3,5-8,11,21H,4,10H2. The van der Waals surface area contributed by atoms with Crippen LogP contribution in [-0.2, 0) is 0 Å². The zero-order chi connectivity index (χ0) is 15.2. The Morgan fingerprint density at radius 2 is 1.95 bits per heavy atom. The van der Waals surface area contributed by atoms with Gasteiger partial charge in [0, 0.05) is 21.6 Å². The number of hydrogen-bond donors (Lipinski definition) is 1. The summed E-state index contributed by atoms with van der Waals surface area (Å²) in [6, 6.07) is 16.7. The highest BCUT2D eigenvalue weighted by Crippen LogP contribution is 2.24. The van der Waals surface area contributed by atoms with Crippen molar-refractivity contribution in [3.63, 3.8) is 0 Å². The van der Waals surface area contributed by atoms with Gasteiger partial charge in [0.2, 0.25) is 0 Å². The number of hydrogen-bond acceptors (Lipinski definition) is 3. The van der Waals surface area contributed by atoms with Gasteiger partial charge in [-0.05, 0) is 30.3 Å². The minimum absolute atomic E-state index is 0.158. The number of rotatable bonds is 4. The maximum Gasteiger partial charge on any atom is 0.259 e. The smallest absolute Gasteiger partial charge is 0.259 e. The number of thiol groups is 1. The number of nitrogens with zero attached hydrogens (tertiary/aromatic N) is 2. The number of nitriles is 1. The molecule has 2 aromatic carbocycles. The van der Waals surface area contributed by atoms with Gasteiger partial charge in [-0.15, -0.1) is 12.6 Å². The molecule has 2 aromatic rings. The molecule has 0 saturated carbocycles. The van der Waals surface area contributed by atoms with Gasteiger partial charge in [-0.2, -0.15) is 5.26 Å². The fourth-order valence-electron chi connectivity index (χ4n) is 1.95. The summed E-state index contributed by atoms with van der Waals surface area (Å²) in [7, 11) is 0. The maximum absolute atomic E-state index is 12.7. The number of anilines is 1. The molecule has 0 aliphatic heterocycles. The predicted octanol–water partition coefficient (Wildman–Crippen LogP) is 4.30. The molecule has 5 heteroatoms. The minimum Gasteiger partial charge on any atom is -0.307 e. The number of halogens is 1. The van der Waals surface area contributed by atoms with E-state index in [1.54, 1.807) is 23.1 Å². The quantitative estimate of drug-likeness (QED) is 0.826. The van der Waals surface area contributed by atoms with E-state index in [4.69, 9.17) is 5.26 Å². The molecule has 0 saturated heterocycles. The zero-order valence-corrected chi connectivity index (χ0v) is 13.6. The van der Waals surface area contributed by atoms with Gasteiger partial charge in [0.05, 0.1) is 18.1 Å². The first-order valence-electron chi connectivity index (χ1n) is 6.36. The highest BCUT2D eigenvalue weighted by Gasteiger charge is 2.19. The zero-order valence-electron chi connectivity index (χ0n) is 11.2. The molecule has 1 amide bonds. The van der Waals surface area contributed by atoms with Crippen molar-refractivity contribution in [3.8, 4) is 6.07 Å². The molecule has 0 atom stereocenters. The molecule has 0 unspecified atom stereocenters. The van der Waals surface area contributed by atoms with Crippen LogP contribution in [0.2, 0.25) is 0 Å². The third kappa shape index (κ3) is 3.87. The number of benzene rings is 2. The molecule has 3 nitrogen and oxygen atoms in total. The molecule has 0 N–H and O–H groups in total. The van der Waals surface area contributed by atoms with E-state index in [1.807, 2.05) is 30.3 Å². The second-order valence-corrected chi connectivity index (χ2v) is 5.76. The van der Waals surface area contributed by atoms with Crippen LogP contribution in [0.3, 0.4) is 0 Å². The van der Waals surface area contributed by atoms with E-state index in [-0.39, 0.29) is 12.3 Å². The first-order chi connectivity index (χ1) is 10.1. The van der Waals surface area contributed by atoms with Gasteiger partial charge in [0.1, 0.15) is 0 Å². The van der Waals surface area contributed by atoms with Crippen LogP contribution in [0.15, 0.2) is 57.9 Å². The van der Waals surface area contributed by atoms with Crippen LogP contribution in [0.5, 0.6) is 0 Å². The number of carbonyl (C=O) groups excluding carboxylic acids is 1. The van der Waals surface area contributed by atoms with Gasteiger partial charge in [-0.1, -0.05) is 34.1 Å². The fraction of sp³-hybridized carbons (Fsp3) is 0.125. The van der Waals surface area contributed by atoms with E-state index in [0.29, 0.717) is 17.0 Å². The van der Waals surface area contributed by atoms with E-state index in [1.165, 1.54) is 0 Å². The van der Waals surface area contributed by atoms with Crippen molar-refractivity contribution < 1.29 is 4.79 Å². The van der Waals surface area contributed by atoms with Crippen LogP contribution in [-0.4, -0.2) is 12.5 Å². The summed E-state index contributed by atoms with van der Waals surface area (Å²) in [6.45, 7) is 0.350. The normalized spacial score (nSPS) is 9.95. The van der Waals surface area contributed by atoms with Crippen molar-refractivity contribution in [2.75, 3.05) is 11.4 Å². The van der Waals surface area contributed by atoms with Crippen LogP contribution in [0.1, 0.15) is 16.8 Å². The Bertz CT molecular complexity index is 682. The summed E-state index contributed by atoms with van der Waals surface area (Å²) in [5, 5.41) is 8.80. The fourth-order valence-corrected chi connectivity index (χ4v) is 2.80. The van der Waals surface area contributed by atoms with Gasteiger partial charge in [-0.25, -0.2) is 0 Å². The second-order valence-electron chi connectivity index (χ2n) is 4.36. The van der Waals surface area contributed by atoms with Crippen LogP contribution in [0.25, 0.3) is 0 Å². The molecule has 2 rings (SSSR count). The molecule has 0 aliphatic rings. The van der Waals surface area contributed by atoms with Crippen molar-refractivity contribution in [2.45, 2.75) is 11.3 Å². The summed E-state index contributed by atoms with van der Waals surface area (Å²) < 4.78 is 0.868. The Labute approximate surface area is 137 Å². The third-order valence-corrected chi connectivity index (χ3v) is 3.81. The van der Waals surface area contributed by atoms with Gasteiger partial charge < -0.3 is 4.90 Å². The summed E-state index contributed by atoms with van der Waals surface area (Å²) in [4.78, 5) is 14.9. The lowest BCUT2D eigenvalue weighted by molar-refractivity contribution is 0.0984. The lowest BCUT2D eigenvalue weighted by Crippen LogP contribution is -2.32. The average Bonchev–Trinajstić information content (AvgIpc) is 2.48. The first-order valence-corrected chi connectivity index (χ1v) is 7.60. The molecule has 0 aliphatic carbocycles. The lowest BCUT2D eigenvalue weighted by Gasteiger charge is -2.22. The number of para-hydroxylation sites is 1. The predicted molar refractivity (Wildman–Crippen MR) is 89.7 cm³/mol. The molecule has 21 heavy (non-hydrogen) atoms. The van der Waals surface area contributed by atoms with Crippen molar-refractivity contribution in [2.24, 2.45) is 0 Å². The van der Waals surface area contributed by atoms with E-state index >= 15 is 0 Å². The highest BCUT2D eigenvalue weighted by atomic mass is 79.9. The van der Waals surface area contributed by atoms with Crippen LogP contribution >= 0.6 is 28.6 Å². The van der Waals surface area contributed by atoms with Crippen molar-refractivity contribution in [1.29, 1.82) is 5.26 Å². The van der Waals surface area contributed by atoms with E-state index in [9.17, 15) is 4.79 Å². The molecule has 0 heterocycles. The summed E-state index contributed by atoms with van der Waals surface area (Å²) >= 11 is 7.71. The Morgan fingerprint density at radius 1 is 1.24 bits per heavy atom. The molecule has 0 radical (unpaired) electrons. The number of amides is 1. The molecule has 0 fully saturated rings. The van der Waals surface area contributed by atoms with E-state index in [2.05, 4.69) is 34.6 Å². The Balaban J connectivity index is 2.37. The van der Waals surface area contributed by atoms with E-state index < -0.39 is 0 Å². The summed E-state index contributed by atoms with van der Waals surface area (Å²) in [6.07, 6.45) is 0.277. The van der Waals surface area contributed by atoms with Gasteiger partial charge >= 0.3 is 0 Å². The molecule has 0 spiro atoms. The summed E-state index contributed by atoms with van der Waals surface area (Å²) in [5.74, 6) is -0.158. The largest absolute Gasteiger partial charge is 0.307 e. The highest BCUT2D eigenvalue weighted by molar-refractivity contribution is 9.10. The minimum atomic E-state index is -0.158. The molecule has 106 valence electrons. The Hall–Kier alpha value is -1.77. The van der Waals surface area contributed by atoms with Crippen LogP contribution in [0, 0.1) is 11.3 Å². The maximum atomic E-state index is 12.7. The SMILES string of the molecule is N#CCCN(C(=O)c1ccc(Br)cc1S)c1ccccc1. The third-order valence-electron chi connectivity index (χ3n) is 2.95. The van der Waals surface area contributed by atoms with Gasteiger partial charge in [0.15, 0.2) is 0 Å². The van der Waals surface area contributed by atoms with Crippen LogP contribution < -0.4 is 4.90 Å². The molecule has 0 bridgehead atoms. The summed E-state index contributed by atoms with van der Waals surface area (Å²) in [5.41, 5.74) is 1.29. The van der Waals surface area contributed by atoms with Crippen molar-refractivity contribution in [3.05, 3.63) is 58.6 Å². The van der Waals surface area contributed by atoms with E-state index in [0.717, 1.165) is 10.2 Å². The molecular weight excluding hydrogens is 348 g/mol. The topological polar surface area (TPSA) is 44.1 Å². The van der Waals surface area contributed by atoms with Gasteiger partial charge in [0.25, 0.3) is 5.91 Å². The average molecular weight is 361 g/mol. The lowest BCUT2D eigenvalue weighted by atomic mass is 10.1. The van der Waals surface area contributed by atoms with Gasteiger partial charge in [-0.3, -0.25) is 4.79 Å².